The monoisotopic (exact) mass is 408 g/mol. The largest absolute Gasteiger partial charge is 0.487 e. The van der Waals surface area contributed by atoms with E-state index in [-0.39, 0.29) is 0 Å². The highest BCUT2D eigenvalue weighted by atomic mass is 16.5. The van der Waals surface area contributed by atoms with Gasteiger partial charge in [-0.3, -0.25) is 0 Å². The van der Waals surface area contributed by atoms with Crippen molar-refractivity contribution >= 4 is 27.8 Å². The third-order valence-electron chi connectivity index (χ3n) is 5.34. The fraction of sp³-hybridized carbons (Fsp3) is 0.0769. The summed E-state index contributed by atoms with van der Waals surface area (Å²) in [7, 11) is 0. The summed E-state index contributed by atoms with van der Waals surface area (Å²) in [5.41, 5.74) is 4.29. The van der Waals surface area contributed by atoms with Gasteiger partial charge in [-0.25, -0.2) is 9.78 Å². The molecule has 0 fully saturated rings. The highest BCUT2D eigenvalue weighted by Gasteiger charge is 2.07. The van der Waals surface area contributed by atoms with Gasteiger partial charge in [0, 0.05) is 29.0 Å². The second-order valence-corrected chi connectivity index (χ2v) is 7.45. The second-order valence-electron chi connectivity index (χ2n) is 7.45. The average molecular weight is 408 g/mol. The van der Waals surface area contributed by atoms with E-state index in [1.807, 2.05) is 66.9 Å². The van der Waals surface area contributed by atoms with Crippen molar-refractivity contribution in [3.63, 3.8) is 0 Å². The van der Waals surface area contributed by atoms with E-state index in [0.29, 0.717) is 18.7 Å². The Morgan fingerprint density at radius 3 is 2.58 bits per heavy atom. The van der Waals surface area contributed by atoms with Crippen LogP contribution in [-0.4, -0.2) is 20.6 Å². The first-order valence-corrected chi connectivity index (χ1v) is 10.0. The first-order chi connectivity index (χ1) is 15.2. The molecule has 0 saturated heterocycles. The van der Waals surface area contributed by atoms with Gasteiger partial charge in [-0.05, 0) is 54.1 Å². The highest BCUT2D eigenvalue weighted by molar-refractivity contribution is 5.87. The van der Waals surface area contributed by atoms with Crippen molar-refractivity contribution in [2.24, 2.45) is 0 Å². The highest BCUT2D eigenvalue weighted by Crippen LogP contribution is 2.24. The Bertz CT molecular complexity index is 1390. The number of benzene rings is 3. The molecule has 31 heavy (non-hydrogen) atoms. The van der Waals surface area contributed by atoms with Gasteiger partial charge in [-0.1, -0.05) is 36.4 Å². The van der Waals surface area contributed by atoms with Crippen LogP contribution in [0.25, 0.3) is 21.8 Å². The minimum Gasteiger partial charge on any atom is -0.487 e. The van der Waals surface area contributed by atoms with Crippen LogP contribution in [0.4, 0.5) is 0 Å². The van der Waals surface area contributed by atoms with Crippen LogP contribution < -0.4 is 4.74 Å². The molecule has 5 nitrogen and oxygen atoms in total. The van der Waals surface area contributed by atoms with Gasteiger partial charge in [0.05, 0.1) is 16.8 Å². The van der Waals surface area contributed by atoms with Crippen molar-refractivity contribution in [3.8, 4) is 5.75 Å². The third-order valence-corrected chi connectivity index (χ3v) is 5.34. The van der Waals surface area contributed by atoms with E-state index in [0.717, 1.165) is 38.8 Å². The topological polar surface area (TPSA) is 64.3 Å². The van der Waals surface area contributed by atoms with Gasteiger partial charge in [-0.15, -0.1) is 0 Å². The summed E-state index contributed by atoms with van der Waals surface area (Å²) in [6.45, 7) is 1.08. The summed E-state index contributed by atoms with van der Waals surface area (Å²) in [6, 6.07) is 27.2. The molecule has 2 heterocycles. The minimum absolute atomic E-state index is 0.295. The molecular weight excluding hydrogens is 388 g/mol. The van der Waals surface area contributed by atoms with Gasteiger partial charge in [0.25, 0.3) is 0 Å². The molecule has 0 amide bonds. The van der Waals surface area contributed by atoms with E-state index >= 15 is 0 Å². The van der Waals surface area contributed by atoms with Crippen molar-refractivity contribution in [3.05, 3.63) is 108 Å². The average Bonchev–Trinajstić information content (AvgIpc) is 3.20. The van der Waals surface area contributed by atoms with Crippen molar-refractivity contribution in [2.45, 2.75) is 13.2 Å². The van der Waals surface area contributed by atoms with Crippen molar-refractivity contribution in [1.29, 1.82) is 0 Å². The van der Waals surface area contributed by atoms with Gasteiger partial charge >= 0.3 is 5.97 Å². The van der Waals surface area contributed by atoms with E-state index in [1.54, 1.807) is 12.1 Å². The lowest BCUT2D eigenvalue weighted by Crippen LogP contribution is -2.00. The van der Waals surface area contributed by atoms with Gasteiger partial charge in [-0.2, -0.15) is 0 Å². The first kappa shape index (κ1) is 18.9. The van der Waals surface area contributed by atoms with Crippen LogP contribution in [0.3, 0.4) is 0 Å². The normalized spacial score (nSPS) is 11.1. The Labute approximate surface area is 179 Å². The number of para-hydroxylation sites is 1. The number of carboxylic acid groups (broad SMARTS) is 1. The molecule has 5 rings (SSSR count). The number of ether oxygens (including phenoxy) is 1. The lowest BCUT2D eigenvalue weighted by Gasteiger charge is -2.09. The summed E-state index contributed by atoms with van der Waals surface area (Å²) in [6.07, 6.45) is 2.03. The van der Waals surface area contributed by atoms with Crippen molar-refractivity contribution in [1.82, 2.24) is 9.55 Å². The minimum atomic E-state index is -0.913. The molecule has 5 heteroatoms. The number of rotatable bonds is 6. The molecule has 0 aliphatic heterocycles. The van der Waals surface area contributed by atoms with Crippen LogP contribution in [0.2, 0.25) is 0 Å². The summed E-state index contributed by atoms with van der Waals surface area (Å²) in [4.78, 5) is 15.7. The predicted molar refractivity (Wildman–Crippen MR) is 121 cm³/mol. The molecule has 0 aliphatic rings. The maximum absolute atomic E-state index is 11.0. The molecule has 0 bridgehead atoms. The number of fused-ring (bicyclic) bond motifs is 2. The summed E-state index contributed by atoms with van der Waals surface area (Å²) in [5, 5.41) is 11.2. The molecule has 0 radical (unpaired) electrons. The Hall–Kier alpha value is -4.12. The number of carboxylic acids is 1. The number of carbonyl (C=O) groups is 1. The molecule has 0 unspecified atom stereocenters. The number of aromatic carboxylic acids is 1. The van der Waals surface area contributed by atoms with Crippen LogP contribution in [-0.2, 0) is 13.2 Å². The summed E-state index contributed by atoms with van der Waals surface area (Å²) >= 11 is 0. The fourth-order valence-electron chi connectivity index (χ4n) is 3.70. The van der Waals surface area contributed by atoms with Crippen LogP contribution in [0.5, 0.6) is 5.75 Å². The number of nitrogens with zero attached hydrogens (tertiary/aromatic N) is 2. The molecule has 0 atom stereocenters. The molecule has 3 aromatic carbocycles. The van der Waals surface area contributed by atoms with E-state index in [1.165, 1.54) is 0 Å². The Morgan fingerprint density at radius 2 is 1.74 bits per heavy atom. The lowest BCUT2D eigenvalue weighted by molar-refractivity contribution is 0.0697. The second kappa shape index (κ2) is 7.95. The van der Waals surface area contributed by atoms with Gasteiger partial charge in [0.2, 0.25) is 0 Å². The zero-order valence-electron chi connectivity index (χ0n) is 16.7. The predicted octanol–water partition coefficient (Wildman–Crippen LogP) is 5.52. The zero-order chi connectivity index (χ0) is 21.2. The molecule has 0 spiro atoms. The SMILES string of the molecule is O=C(O)c1ccc(Cn2ccc3cc(OCc4ccc5ccccc5n4)ccc32)cc1. The van der Waals surface area contributed by atoms with E-state index in [9.17, 15) is 4.79 Å². The smallest absolute Gasteiger partial charge is 0.335 e. The molecule has 0 aliphatic carbocycles. The summed E-state index contributed by atoms with van der Waals surface area (Å²) < 4.78 is 8.12. The Balaban J connectivity index is 1.30. The molecule has 5 aromatic rings. The van der Waals surface area contributed by atoms with Gasteiger partial charge in [0.15, 0.2) is 0 Å². The number of pyridine rings is 1. The lowest BCUT2D eigenvalue weighted by atomic mass is 10.1. The third kappa shape index (κ3) is 3.98. The maximum atomic E-state index is 11.0. The standard InChI is InChI=1S/C26H20N2O3/c29-26(30)20-7-5-18(6-8-20)16-28-14-13-21-15-23(11-12-25(21)28)31-17-22-10-9-19-3-1-2-4-24(19)27-22/h1-15H,16-17H2,(H,29,30). The van der Waals surface area contributed by atoms with E-state index < -0.39 is 5.97 Å². The maximum Gasteiger partial charge on any atom is 0.335 e. The fourth-order valence-corrected chi connectivity index (χ4v) is 3.70. The number of hydrogen-bond donors (Lipinski definition) is 1. The molecular formula is C26H20N2O3. The molecule has 152 valence electrons. The van der Waals surface area contributed by atoms with Gasteiger partial charge in [0.1, 0.15) is 12.4 Å². The van der Waals surface area contributed by atoms with Crippen LogP contribution in [0.15, 0.2) is 91.1 Å². The zero-order valence-corrected chi connectivity index (χ0v) is 16.7. The van der Waals surface area contributed by atoms with Crippen LogP contribution in [0.1, 0.15) is 21.6 Å². The number of hydrogen-bond acceptors (Lipinski definition) is 3. The Morgan fingerprint density at radius 1 is 0.903 bits per heavy atom. The van der Waals surface area contributed by atoms with Gasteiger partial charge < -0.3 is 14.4 Å². The first-order valence-electron chi connectivity index (χ1n) is 10.0. The van der Waals surface area contributed by atoms with Crippen LogP contribution >= 0.6 is 0 Å². The number of aromatic nitrogens is 2. The molecule has 2 aromatic heterocycles. The summed E-state index contributed by atoms with van der Waals surface area (Å²) in [5.74, 6) is -0.115. The molecule has 1 N–H and O–H groups in total. The molecule has 0 saturated carbocycles. The van der Waals surface area contributed by atoms with E-state index in [2.05, 4.69) is 21.7 Å². The van der Waals surface area contributed by atoms with Crippen LogP contribution in [0, 0.1) is 0 Å². The quantitative estimate of drug-likeness (QED) is 0.402. The Kier molecular flexibility index (Phi) is 4.84. The van der Waals surface area contributed by atoms with E-state index in [4.69, 9.17) is 9.84 Å². The van der Waals surface area contributed by atoms with Crippen molar-refractivity contribution in [2.75, 3.05) is 0 Å². The van der Waals surface area contributed by atoms with Crippen molar-refractivity contribution < 1.29 is 14.6 Å².